The average Bonchev–Trinajstić information content (AvgIpc) is 2.21. The zero-order chi connectivity index (χ0) is 8.93. The normalized spacial score (nSPS) is 24.0. The first-order valence-electron chi connectivity index (χ1n) is 6.21. The summed E-state index contributed by atoms with van der Waals surface area (Å²) in [6.45, 7) is 0. The summed E-state index contributed by atoms with van der Waals surface area (Å²) in [5.74, 6) is 0. The van der Waals surface area contributed by atoms with Crippen molar-refractivity contribution >= 4 is 24.8 Å². The SMILES string of the molecule is C1CCC(NC2CCCCC2)CC1.Cl.Cl. The molecule has 1 N–H and O–H groups in total. The van der Waals surface area contributed by atoms with Gasteiger partial charge in [0.25, 0.3) is 0 Å². The third kappa shape index (κ3) is 5.42. The largest absolute Gasteiger partial charge is 0.311 e. The summed E-state index contributed by atoms with van der Waals surface area (Å²) < 4.78 is 0. The van der Waals surface area contributed by atoms with Crippen molar-refractivity contribution in [3.63, 3.8) is 0 Å². The maximum absolute atomic E-state index is 3.86. The molecule has 0 saturated heterocycles. The highest BCUT2D eigenvalue weighted by Gasteiger charge is 2.19. The van der Waals surface area contributed by atoms with Crippen molar-refractivity contribution in [1.29, 1.82) is 0 Å². The van der Waals surface area contributed by atoms with Gasteiger partial charge in [0.2, 0.25) is 0 Å². The average molecular weight is 254 g/mol. The van der Waals surface area contributed by atoms with Crippen LogP contribution in [0, 0.1) is 0 Å². The first-order valence-corrected chi connectivity index (χ1v) is 6.21. The van der Waals surface area contributed by atoms with E-state index in [4.69, 9.17) is 0 Å². The minimum Gasteiger partial charge on any atom is -0.311 e. The van der Waals surface area contributed by atoms with Crippen LogP contribution in [0.15, 0.2) is 0 Å². The second-order valence-electron chi connectivity index (χ2n) is 4.84. The lowest BCUT2D eigenvalue weighted by Gasteiger charge is -2.30. The summed E-state index contributed by atoms with van der Waals surface area (Å²) in [4.78, 5) is 0. The van der Waals surface area contributed by atoms with Gasteiger partial charge in [-0.2, -0.15) is 0 Å². The molecule has 2 fully saturated rings. The Balaban J connectivity index is 0.000000980. The van der Waals surface area contributed by atoms with E-state index in [1.807, 2.05) is 0 Å². The van der Waals surface area contributed by atoms with Gasteiger partial charge in [-0.3, -0.25) is 0 Å². The maximum atomic E-state index is 3.86. The molecule has 15 heavy (non-hydrogen) atoms. The molecule has 0 aromatic rings. The van der Waals surface area contributed by atoms with Crippen LogP contribution < -0.4 is 5.32 Å². The van der Waals surface area contributed by atoms with Crippen LogP contribution >= 0.6 is 24.8 Å². The Bertz CT molecular complexity index is 125. The standard InChI is InChI=1S/C12H23N.2ClH/c1-3-7-11(8-4-1)13-12-9-5-2-6-10-12;;/h11-13H,1-10H2;2*1H. The van der Waals surface area contributed by atoms with Crippen LogP contribution in [0.25, 0.3) is 0 Å². The van der Waals surface area contributed by atoms with Gasteiger partial charge < -0.3 is 5.32 Å². The Morgan fingerprint density at radius 2 is 0.867 bits per heavy atom. The molecule has 0 bridgehead atoms. The summed E-state index contributed by atoms with van der Waals surface area (Å²) >= 11 is 0. The van der Waals surface area contributed by atoms with Crippen LogP contribution in [0.4, 0.5) is 0 Å². The summed E-state index contributed by atoms with van der Waals surface area (Å²) in [6.07, 6.45) is 14.6. The number of hydrogen-bond acceptors (Lipinski definition) is 1. The lowest BCUT2D eigenvalue weighted by Crippen LogP contribution is -2.40. The fourth-order valence-corrected chi connectivity index (χ4v) is 2.87. The molecule has 0 atom stereocenters. The predicted molar refractivity (Wildman–Crippen MR) is 71.4 cm³/mol. The monoisotopic (exact) mass is 253 g/mol. The van der Waals surface area contributed by atoms with E-state index < -0.39 is 0 Å². The molecule has 0 aromatic carbocycles. The molecule has 2 aliphatic carbocycles. The lowest BCUT2D eigenvalue weighted by molar-refractivity contribution is 0.291. The number of halogens is 2. The fourth-order valence-electron chi connectivity index (χ4n) is 2.87. The summed E-state index contributed by atoms with van der Waals surface area (Å²) in [6, 6.07) is 1.74. The Morgan fingerprint density at radius 1 is 0.533 bits per heavy atom. The zero-order valence-electron chi connectivity index (χ0n) is 9.54. The number of rotatable bonds is 2. The maximum Gasteiger partial charge on any atom is 0.00696 e. The molecule has 0 aliphatic heterocycles. The van der Waals surface area contributed by atoms with Crippen molar-refractivity contribution < 1.29 is 0 Å². The van der Waals surface area contributed by atoms with Crippen LogP contribution in [-0.2, 0) is 0 Å². The number of nitrogens with one attached hydrogen (secondary N) is 1. The molecule has 0 radical (unpaired) electrons. The van der Waals surface area contributed by atoms with Crippen molar-refractivity contribution in [3.8, 4) is 0 Å². The van der Waals surface area contributed by atoms with E-state index in [2.05, 4.69) is 5.32 Å². The van der Waals surface area contributed by atoms with Crippen molar-refractivity contribution in [3.05, 3.63) is 0 Å². The van der Waals surface area contributed by atoms with Gasteiger partial charge in [0.15, 0.2) is 0 Å². The van der Waals surface area contributed by atoms with Crippen LogP contribution in [0.3, 0.4) is 0 Å². The second-order valence-corrected chi connectivity index (χ2v) is 4.84. The molecule has 0 unspecified atom stereocenters. The second kappa shape index (κ2) is 8.66. The van der Waals surface area contributed by atoms with Crippen molar-refractivity contribution in [2.45, 2.75) is 76.3 Å². The zero-order valence-corrected chi connectivity index (χ0v) is 11.2. The highest BCUT2D eigenvalue weighted by atomic mass is 35.5. The molecule has 0 spiro atoms. The van der Waals surface area contributed by atoms with E-state index in [1.165, 1.54) is 64.2 Å². The van der Waals surface area contributed by atoms with E-state index in [0.29, 0.717) is 0 Å². The van der Waals surface area contributed by atoms with Gasteiger partial charge in [-0.05, 0) is 25.7 Å². The van der Waals surface area contributed by atoms with E-state index >= 15 is 0 Å². The molecule has 2 aliphatic rings. The molecule has 0 aromatic heterocycles. The van der Waals surface area contributed by atoms with Crippen molar-refractivity contribution in [1.82, 2.24) is 5.32 Å². The molecule has 3 heteroatoms. The van der Waals surface area contributed by atoms with Gasteiger partial charge in [0, 0.05) is 12.1 Å². The highest BCUT2D eigenvalue weighted by molar-refractivity contribution is 5.85. The topological polar surface area (TPSA) is 12.0 Å². The Morgan fingerprint density at radius 3 is 1.20 bits per heavy atom. The lowest BCUT2D eigenvalue weighted by atomic mass is 9.91. The molecular weight excluding hydrogens is 229 g/mol. The summed E-state index contributed by atoms with van der Waals surface area (Å²) in [7, 11) is 0. The van der Waals surface area contributed by atoms with Gasteiger partial charge in [-0.25, -0.2) is 0 Å². The number of hydrogen-bond donors (Lipinski definition) is 1. The summed E-state index contributed by atoms with van der Waals surface area (Å²) in [5.41, 5.74) is 0. The Hall–Kier alpha value is 0.540. The van der Waals surface area contributed by atoms with Crippen molar-refractivity contribution in [2.75, 3.05) is 0 Å². The Kier molecular flexibility index (Phi) is 8.98. The van der Waals surface area contributed by atoms with Crippen LogP contribution in [0.1, 0.15) is 64.2 Å². The molecule has 2 saturated carbocycles. The van der Waals surface area contributed by atoms with Gasteiger partial charge in [-0.1, -0.05) is 38.5 Å². The molecular formula is C12H25Cl2N. The first kappa shape index (κ1) is 15.5. The van der Waals surface area contributed by atoms with Gasteiger partial charge in [0.1, 0.15) is 0 Å². The highest BCUT2D eigenvalue weighted by Crippen LogP contribution is 2.22. The summed E-state index contributed by atoms with van der Waals surface area (Å²) in [5, 5.41) is 3.86. The Labute approximate surface area is 107 Å². The van der Waals surface area contributed by atoms with Gasteiger partial charge in [-0.15, -0.1) is 24.8 Å². The minimum atomic E-state index is 0. The van der Waals surface area contributed by atoms with E-state index in [9.17, 15) is 0 Å². The van der Waals surface area contributed by atoms with Crippen molar-refractivity contribution in [2.24, 2.45) is 0 Å². The van der Waals surface area contributed by atoms with E-state index in [-0.39, 0.29) is 24.8 Å². The van der Waals surface area contributed by atoms with Crippen LogP contribution in [0.5, 0.6) is 0 Å². The van der Waals surface area contributed by atoms with Crippen LogP contribution in [-0.4, -0.2) is 12.1 Å². The fraction of sp³-hybridized carbons (Fsp3) is 1.00. The molecule has 0 heterocycles. The first-order chi connectivity index (χ1) is 6.45. The molecule has 0 amide bonds. The van der Waals surface area contributed by atoms with Gasteiger partial charge in [0.05, 0.1) is 0 Å². The third-order valence-corrected chi connectivity index (χ3v) is 3.68. The van der Waals surface area contributed by atoms with Crippen LogP contribution in [0.2, 0.25) is 0 Å². The minimum absolute atomic E-state index is 0. The predicted octanol–water partition coefficient (Wildman–Crippen LogP) is 4.09. The van der Waals surface area contributed by atoms with Gasteiger partial charge >= 0.3 is 0 Å². The molecule has 1 nitrogen and oxygen atoms in total. The van der Waals surface area contributed by atoms with E-state index in [1.54, 1.807) is 0 Å². The molecule has 92 valence electrons. The third-order valence-electron chi connectivity index (χ3n) is 3.68. The smallest absolute Gasteiger partial charge is 0.00696 e. The van der Waals surface area contributed by atoms with E-state index in [0.717, 1.165) is 12.1 Å². The molecule has 2 rings (SSSR count). The quantitative estimate of drug-likeness (QED) is 0.782.